The van der Waals surface area contributed by atoms with Gasteiger partial charge in [0.1, 0.15) is 0 Å². The molecule has 0 N–H and O–H groups in total. The molecule has 0 spiro atoms. The van der Waals surface area contributed by atoms with E-state index in [1.54, 1.807) is 0 Å². The average molecular weight is 208 g/mol. The second kappa shape index (κ2) is 7.67. The third-order valence-electron chi connectivity index (χ3n) is 3.14. The fraction of sp³-hybridized carbons (Fsp3) is 0.786. The Bertz CT molecular complexity index is 215. The summed E-state index contributed by atoms with van der Waals surface area (Å²) in [7, 11) is 0. The van der Waals surface area contributed by atoms with Gasteiger partial charge in [-0.25, -0.2) is 0 Å². The molecular weight excluding hydrogens is 184 g/mol. The number of carbonyl (C=O) groups excluding carboxylic acids is 1. The maximum Gasteiger partial charge on any atom is 0.155 e. The molecule has 1 aliphatic rings. The molecule has 1 nitrogen and oxygen atoms in total. The molecule has 1 heteroatoms. The average Bonchev–Trinajstić information content (AvgIpc) is 2.23. The molecular formula is C14H24O. The van der Waals surface area contributed by atoms with Gasteiger partial charge in [0.05, 0.1) is 0 Å². The standard InChI is InChI=1S/C14H24O/c1-2-3-4-5-6-7-9-13-10-8-11-14(15)12-13/h12H,2-11H2,1H3. The van der Waals surface area contributed by atoms with E-state index in [4.69, 9.17) is 0 Å². The Morgan fingerprint density at radius 1 is 1.07 bits per heavy atom. The number of hydrogen-bond donors (Lipinski definition) is 0. The van der Waals surface area contributed by atoms with Crippen molar-refractivity contribution in [3.05, 3.63) is 11.6 Å². The highest BCUT2D eigenvalue weighted by Gasteiger charge is 2.08. The second-order valence-corrected chi connectivity index (χ2v) is 4.64. The number of carbonyl (C=O) groups is 1. The molecule has 0 amide bonds. The highest BCUT2D eigenvalue weighted by molar-refractivity contribution is 5.91. The minimum Gasteiger partial charge on any atom is -0.295 e. The van der Waals surface area contributed by atoms with Crippen molar-refractivity contribution in [1.82, 2.24) is 0 Å². The molecule has 1 aliphatic carbocycles. The predicted octanol–water partition coefficient (Wildman–Crippen LogP) is 4.42. The van der Waals surface area contributed by atoms with Gasteiger partial charge in [0.15, 0.2) is 5.78 Å². The maximum absolute atomic E-state index is 11.2. The van der Waals surface area contributed by atoms with Crippen molar-refractivity contribution in [3.63, 3.8) is 0 Å². The van der Waals surface area contributed by atoms with E-state index in [-0.39, 0.29) is 0 Å². The normalized spacial score (nSPS) is 16.6. The third kappa shape index (κ3) is 5.76. The van der Waals surface area contributed by atoms with Crippen LogP contribution in [0.15, 0.2) is 11.6 Å². The fourth-order valence-corrected chi connectivity index (χ4v) is 2.19. The fourth-order valence-electron chi connectivity index (χ4n) is 2.19. The predicted molar refractivity (Wildman–Crippen MR) is 64.9 cm³/mol. The van der Waals surface area contributed by atoms with E-state index in [0.29, 0.717) is 5.78 Å². The first-order chi connectivity index (χ1) is 7.33. The van der Waals surface area contributed by atoms with Crippen LogP contribution in [-0.2, 0) is 4.79 Å². The van der Waals surface area contributed by atoms with E-state index in [9.17, 15) is 4.79 Å². The summed E-state index contributed by atoms with van der Waals surface area (Å²) in [5.74, 6) is 0.349. The van der Waals surface area contributed by atoms with Crippen molar-refractivity contribution in [3.8, 4) is 0 Å². The first-order valence-corrected chi connectivity index (χ1v) is 6.55. The monoisotopic (exact) mass is 208 g/mol. The minimum absolute atomic E-state index is 0.349. The summed E-state index contributed by atoms with van der Waals surface area (Å²) in [5.41, 5.74) is 1.40. The summed E-state index contributed by atoms with van der Waals surface area (Å²) in [6.45, 7) is 2.25. The summed E-state index contributed by atoms with van der Waals surface area (Å²) in [4.78, 5) is 11.2. The topological polar surface area (TPSA) is 17.1 Å². The maximum atomic E-state index is 11.2. The quantitative estimate of drug-likeness (QED) is 0.566. The molecule has 0 atom stereocenters. The van der Waals surface area contributed by atoms with E-state index in [1.807, 2.05) is 6.08 Å². The van der Waals surface area contributed by atoms with Crippen molar-refractivity contribution in [2.24, 2.45) is 0 Å². The lowest BCUT2D eigenvalue weighted by Crippen LogP contribution is -2.02. The summed E-state index contributed by atoms with van der Waals surface area (Å²) in [5, 5.41) is 0. The lowest BCUT2D eigenvalue weighted by Gasteiger charge is -2.11. The zero-order valence-corrected chi connectivity index (χ0v) is 10.1. The molecule has 1 rings (SSSR count). The molecule has 0 fully saturated rings. The first kappa shape index (κ1) is 12.5. The number of ketones is 1. The number of allylic oxidation sites excluding steroid dienone is 2. The summed E-state index contributed by atoms with van der Waals surface area (Å²) < 4.78 is 0. The molecule has 0 radical (unpaired) electrons. The molecule has 0 bridgehead atoms. The van der Waals surface area contributed by atoms with Gasteiger partial charge in [-0.1, -0.05) is 44.6 Å². The highest BCUT2D eigenvalue weighted by atomic mass is 16.1. The molecule has 0 heterocycles. The number of rotatable bonds is 7. The minimum atomic E-state index is 0.349. The van der Waals surface area contributed by atoms with Crippen LogP contribution in [0.4, 0.5) is 0 Å². The molecule has 0 saturated carbocycles. The molecule has 0 saturated heterocycles. The van der Waals surface area contributed by atoms with Gasteiger partial charge in [0.2, 0.25) is 0 Å². The summed E-state index contributed by atoms with van der Waals surface area (Å²) in [6.07, 6.45) is 14.2. The van der Waals surface area contributed by atoms with Crippen LogP contribution in [0.1, 0.15) is 71.1 Å². The summed E-state index contributed by atoms with van der Waals surface area (Å²) in [6, 6.07) is 0. The van der Waals surface area contributed by atoms with Crippen LogP contribution in [0.2, 0.25) is 0 Å². The first-order valence-electron chi connectivity index (χ1n) is 6.55. The van der Waals surface area contributed by atoms with Crippen LogP contribution in [-0.4, -0.2) is 5.78 Å². The van der Waals surface area contributed by atoms with E-state index in [0.717, 1.165) is 19.3 Å². The van der Waals surface area contributed by atoms with Gasteiger partial charge < -0.3 is 0 Å². The molecule has 15 heavy (non-hydrogen) atoms. The van der Waals surface area contributed by atoms with Crippen LogP contribution >= 0.6 is 0 Å². The second-order valence-electron chi connectivity index (χ2n) is 4.64. The van der Waals surface area contributed by atoms with Crippen LogP contribution < -0.4 is 0 Å². The van der Waals surface area contributed by atoms with E-state index >= 15 is 0 Å². The Balaban J connectivity index is 2.02. The molecule has 0 unspecified atom stereocenters. The Kier molecular flexibility index (Phi) is 6.38. The Labute approximate surface area is 93.9 Å². The third-order valence-corrected chi connectivity index (χ3v) is 3.14. The van der Waals surface area contributed by atoms with Crippen LogP contribution in [0, 0.1) is 0 Å². The largest absolute Gasteiger partial charge is 0.295 e. The number of unbranched alkanes of at least 4 members (excludes halogenated alkanes) is 5. The van der Waals surface area contributed by atoms with Crippen LogP contribution in [0.5, 0.6) is 0 Å². The van der Waals surface area contributed by atoms with Gasteiger partial charge >= 0.3 is 0 Å². The highest BCUT2D eigenvalue weighted by Crippen LogP contribution is 2.21. The molecule has 0 aromatic heterocycles. The van der Waals surface area contributed by atoms with Crippen LogP contribution in [0.25, 0.3) is 0 Å². The Morgan fingerprint density at radius 3 is 2.53 bits per heavy atom. The van der Waals surface area contributed by atoms with E-state index in [2.05, 4.69) is 6.92 Å². The number of hydrogen-bond acceptors (Lipinski definition) is 1. The van der Waals surface area contributed by atoms with Gasteiger partial charge in [-0.05, 0) is 31.8 Å². The van der Waals surface area contributed by atoms with Gasteiger partial charge in [-0.2, -0.15) is 0 Å². The van der Waals surface area contributed by atoms with E-state index in [1.165, 1.54) is 50.5 Å². The lowest BCUT2D eigenvalue weighted by atomic mass is 9.94. The van der Waals surface area contributed by atoms with Gasteiger partial charge in [0, 0.05) is 6.42 Å². The van der Waals surface area contributed by atoms with Crippen molar-refractivity contribution in [2.75, 3.05) is 0 Å². The summed E-state index contributed by atoms with van der Waals surface area (Å²) >= 11 is 0. The van der Waals surface area contributed by atoms with Crippen LogP contribution in [0.3, 0.4) is 0 Å². The van der Waals surface area contributed by atoms with Gasteiger partial charge in [-0.15, -0.1) is 0 Å². The Morgan fingerprint density at radius 2 is 1.80 bits per heavy atom. The van der Waals surface area contributed by atoms with E-state index < -0.39 is 0 Å². The Hall–Kier alpha value is -0.590. The van der Waals surface area contributed by atoms with Crippen molar-refractivity contribution in [2.45, 2.75) is 71.1 Å². The molecule has 0 aliphatic heterocycles. The molecule has 0 aromatic carbocycles. The molecule has 86 valence electrons. The lowest BCUT2D eigenvalue weighted by molar-refractivity contribution is -0.115. The smallest absolute Gasteiger partial charge is 0.155 e. The van der Waals surface area contributed by atoms with Crippen molar-refractivity contribution >= 4 is 5.78 Å². The van der Waals surface area contributed by atoms with Crippen molar-refractivity contribution < 1.29 is 4.79 Å². The zero-order valence-electron chi connectivity index (χ0n) is 10.1. The van der Waals surface area contributed by atoms with Gasteiger partial charge in [0.25, 0.3) is 0 Å². The molecule has 0 aromatic rings. The SMILES string of the molecule is CCCCCCCCC1=CC(=O)CCC1. The van der Waals surface area contributed by atoms with Gasteiger partial charge in [-0.3, -0.25) is 4.79 Å². The van der Waals surface area contributed by atoms with Crippen molar-refractivity contribution in [1.29, 1.82) is 0 Å². The zero-order chi connectivity index (χ0) is 10.9.